The van der Waals surface area contributed by atoms with Crippen molar-refractivity contribution in [2.45, 2.75) is 26.4 Å². The fourth-order valence-electron chi connectivity index (χ4n) is 2.76. The molecular formula is C20H14F6O3S2. The van der Waals surface area contributed by atoms with Gasteiger partial charge in [-0.3, -0.25) is 0 Å². The molecule has 0 saturated carbocycles. The molecule has 0 heterocycles. The van der Waals surface area contributed by atoms with Gasteiger partial charge in [-0.2, -0.15) is 38.4 Å². The highest BCUT2D eigenvalue weighted by molar-refractivity contribution is 8.33. The normalized spacial score (nSPS) is 13.7. The van der Waals surface area contributed by atoms with Crippen molar-refractivity contribution in [3.05, 3.63) is 90.5 Å². The molecule has 31 heavy (non-hydrogen) atoms. The molecule has 0 amide bonds. The van der Waals surface area contributed by atoms with Gasteiger partial charge in [0.25, 0.3) is 0 Å². The third-order valence-electron chi connectivity index (χ3n) is 4.14. The molecule has 0 N–H and O–H groups in total. The van der Waals surface area contributed by atoms with E-state index in [1.807, 2.05) is 0 Å². The number of hydrogen-bond donors (Lipinski definition) is 0. The minimum Gasteiger partial charge on any atom is -0.200 e. The number of alkyl halides is 6. The maximum Gasteiger partial charge on any atom is 0.524 e. The first-order chi connectivity index (χ1) is 14.4. The van der Waals surface area contributed by atoms with Crippen LogP contribution >= 0.6 is 10.3 Å². The van der Waals surface area contributed by atoms with Crippen molar-refractivity contribution >= 4 is 20.4 Å². The fraction of sp³-hybridized carbons (Fsp3) is 0.100. The molecule has 3 nitrogen and oxygen atoms in total. The lowest BCUT2D eigenvalue weighted by molar-refractivity contribution is -0.137. The first-order valence-corrected chi connectivity index (χ1v) is 11.5. The summed E-state index contributed by atoms with van der Waals surface area (Å²) in [4.78, 5) is -0.0201. The highest BCUT2D eigenvalue weighted by atomic mass is 32.3. The second-order valence-electron chi connectivity index (χ2n) is 6.17. The zero-order valence-corrected chi connectivity index (χ0v) is 17.0. The van der Waals surface area contributed by atoms with Crippen molar-refractivity contribution in [3.8, 4) is 0 Å². The zero-order valence-electron chi connectivity index (χ0n) is 15.4. The molecule has 3 aromatic rings. The Morgan fingerprint density at radius 2 is 0.968 bits per heavy atom. The maximum atomic E-state index is 13.3. The van der Waals surface area contributed by atoms with Gasteiger partial charge >= 0.3 is 21.8 Å². The lowest BCUT2D eigenvalue weighted by Crippen LogP contribution is -2.27. The molecule has 3 aromatic carbocycles. The predicted molar refractivity (Wildman–Crippen MR) is 103 cm³/mol. The summed E-state index contributed by atoms with van der Waals surface area (Å²) in [6.45, 7) is 0. The van der Waals surface area contributed by atoms with Gasteiger partial charge in [0.2, 0.25) is 0 Å². The van der Waals surface area contributed by atoms with Crippen molar-refractivity contribution in [1.82, 2.24) is 0 Å². The Labute approximate surface area is 175 Å². The lowest BCUT2D eigenvalue weighted by Gasteiger charge is -2.39. The molecule has 0 bridgehead atoms. The summed E-state index contributed by atoms with van der Waals surface area (Å²) in [5, 5.41) is 0. The summed E-state index contributed by atoms with van der Waals surface area (Å²) >= 11 is 0. The van der Waals surface area contributed by atoms with Crippen molar-refractivity contribution < 1.29 is 38.4 Å². The SMILES string of the molecule is O=S(=O)(OS(c1ccccc1)(c1ccccc1)c1ccc(C(F)(F)F)cc1)C(F)(F)F. The summed E-state index contributed by atoms with van der Waals surface area (Å²) in [6, 6.07) is 17.7. The van der Waals surface area contributed by atoms with Crippen molar-refractivity contribution in [3.63, 3.8) is 0 Å². The van der Waals surface area contributed by atoms with E-state index in [0.29, 0.717) is 12.1 Å². The molecule has 0 aliphatic rings. The summed E-state index contributed by atoms with van der Waals surface area (Å²) in [6.07, 6.45) is -4.69. The third kappa shape index (κ3) is 4.58. The second kappa shape index (κ2) is 8.21. The Morgan fingerprint density at radius 1 is 0.581 bits per heavy atom. The van der Waals surface area contributed by atoms with Crippen LogP contribution in [-0.4, -0.2) is 13.9 Å². The van der Waals surface area contributed by atoms with Gasteiger partial charge in [-0.25, -0.2) is 0 Å². The predicted octanol–water partition coefficient (Wildman–Crippen LogP) is 6.77. The van der Waals surface area contributed by atoms with E-state index in [4.69, 9.17) is 3.63 Å². The molecule has 0 aliphatic carbocycles. The minimum absolute atomic E-state index is 0.0637. The van der Waals surface area contributed by atoms with Crippen LogP contribution in [0.2, 0.25) is 0 Å². The Hall–Kier alpha value is -2.50. The van der Waals surface area contributed by atoms with Gasteiger partial charge in [0.15, 0.2) is 0 Å². The van der Waals surface area contributed by atoms with Crippen LogP contribution in [0.1, 0.15) is 5.56 Å². The highest BCUT2D eigenvalue weighted by Gasteiger charge is 2.52. The van der Waals surface area contributed by atoms with Crippen LogP contribution in [0.4, 0.5) is 26.3 Å². The Morgan fingerprint density at radius 3 is 1.32 bits per heavy atom. The quantitative estimate of drug-likeness (QED) is 0.299. The fourth-order valence-corrected chi connectivity index (χ4v) is 7.50. The average molecular weight is 480 g/mol. The van der Waals surface area contributed by atoms with E-state index in [9.17, 15) is 34.8 Å². The monoisotopic (exact) mass is 480 g/mol. The molecule has 3 rings (SSSR count). The maximum absolute atomic E-state index is 13.3. The van der Waals surface area contributed by atoms with E-state index in [2.05, 4.69) is 0 Å². The first kappa shape index (κ1) is 23.2. The van der Waals surface area contributed by atoms with E-state index in [0.717, 1.165) is 12.1 Å². The molecule has 0 atom stereocenters. The molecule has 0 radical (unpaired) electrons. The first-order valence-electron chi connectivity index (χ1n) is 8.51. The van der Waals surface area contributed by atoms with Crippen molar-refractivity contribution in [1.29, 1.82) is 0 Å². The van der Waals surface area contributed by atoms with Crippen LogP contribution in [0, 0.1) is 0 Å². The Bertz CT molecular complexity index is 1090. The summed E-state index contributed by atoms with van der Waals surface area (Å²) < 4.78 is 108. The number of halogens is 6. The van der Waals surface area contributed by atoms with Crippen LogP contribution in [0.15, 0.2) is 99.6 Å². The van der Waals surface area contributed by atoms with Crippen LogP contribution < -0.4 is 0 Å². The number of rotatable bonds is 5. The summed E-state index contributed by atoms with van der Waals surface area (Å²) in [5.41, 5.74) is -6.77. The molecule has 0 saturated heterocycles. The average Bonchev–Trinajstić information content (AvgIpc) is 2.72. The largest absolute Gasteiger partial charge is 0.524 e. The van der Waals surface area contributed by atoms with Gasteiger partial charge in [0, 0.05) is 14.7 Å². The van der Waals surface area contributed by atoms with Gasteiger partial charge in [-0.1, -0.05) is 36.4 Å². The van der Waals surface area contributed by atoms with Crippen LogP contribution in [0.25, 0.3) is 0 Å². The molecule has 0 fully saturated rings. The molecule has 0 spiro atoms. The van der Waals surface area contributed by atoms with Crippen molar-refractivity contribution in [2.75, 3.05) is 0 Å². The van der Waals surface area contributed by atoms with Crippen LogP contribution in [0.3, 0.4) is 0 Å². The van der Waals surface area contributed by atoms with Crippen molar-refractivity contribution in [2.24, 2.45) is 0 Å². The standard InChI is InChI=1S/C20H14F6O3S2/c21-19(22,23)15-11-13-18(14-12-15)30(16-7-3-1-4-8-16,17-9-5-2-6-10-17)29-31(27,28)20(24,25)26/h1-14H. The molecule has 0 aliphatic heterocycles. The summed E-state index contributed by atoms with van der Waals surface area (Å²) in [7, 11) is -9.73. The molecule has 11 heteroatoms. The number of hydrogen-bond acceptors (Lipinski definition) is 3. The van der Waals surface area contributed by atoms with E-state index in [-0.39, 0.29) is 14.7 Å². The minimum atomic E-state index is -6.12. The topological polar surface area (TPSA) is 43.4 Å². The molecule has 0 aromatic heterocycles. The third-order valence-corrected chi connectivity index (χ3v) is 9.05. The summed E-state index contributed by atoms with van der Waals surface area (Å²) in [5.74, 6) is 0. The van der Waals surface area contributed by atoms with E-state index in [1.54, 1.807) is 12.1 Å². The van der Waals surface area contributed by atoms with Crippen LogP contribution in [-0.2, 0) is 19.9 Å². The highest BCUT2D eigenvalue weighted by Crippen LogP contribution is 2.70. The van der Waals surface area contributed by atoms with Gasteiger partial charge in [-0.15, -0.1) is 0 Å². The molecule has 166 valence electrons. The Balaban J connectivity index is 2.36. The van der Waals surface area contributed by atoms with Crippen LogP contribution in [0.5, 0.6) is 0 Å². The molecular weight excluding hydrogens is 466 g/mol. The van der Waals surface area contributed by atoms with Gasteiger partial charge in [0.1, 0.15) is 0 Å². The van der Waals surface area contributed by atoms with E-state index in [1.165, 1.54) is 48.5 Å². The zero-order chi connectivity index (χ0) is 22.9. The molecule has 0 unspecified atom stereocenters. The Kier molecular flexibility index (Phi) is 6.14. The smallest absolute Gasteiger partial charge is 0.200 e. The lowest BCUT2D eigenvalue weighted by atomic mass is 10.2. The van der Waals surface area contributed by atoms with Gasteiger partial charge in [0.05, 0.1) is 5.56 Å². The number of benzene rings is 3. The second-order valence-corrected chi connectivity index (χ2v) is 10.6. The van der Waals surface area contributed by atoms with E-state index < -0.39 is 37.7 Å². The van der Waals surface area contributed by atoms with E-state index >= 15 is 0 Å². The van der Waals surface area contributed by atoms with Gasteiger partial charge in [-0.05, 0) is 58.8 Å². The van der Waals surface area contributed by atoms with Gasteiger partial charge < -0.3 is 0 Å².